The van der Waals surface area contributed by atoms with Gasteiger partial charge in [-0.05, 0) is 37.5 Å². The summed E-state index contributed by atoms with van der Waals surface area (Å²) in [5.41, 5.74) is 1.13. The Kier molecular flexibility index (Phi) is 3.91. The van der Waals surface area contributed by atoms with Crippen LogP contribution in [0.5, 0.6) is 0 Å². The minimum atomic E-state index is -0.179. The monoisotopic (exact) mass is 223 g/mol. The molecule has 1 heterocycles. The third kappa shape index (κ3) is 3.03. The van der Waals surface area contributed by atoms with E-state index in [0.29, 0.717) is 6.04 Å². The predicted octanol–water partition coefficient (Wildman–Crippen LogP) is 2.66. The zero-order valence-electron chi connectivity index (χ0n) is 9.58. The number of rotatable bonds is 3. The van der Waals surface area contributed by atoms with Crippen LogP contribution in [0.2, 0.25) is 0 Å². The van der Waals surface area contributed by atoms with Crippen molar-refractivity contribution in [3.63, 3.8) is 0 Å². The van der Waals surface area contributed by atoms with Gasteiger partial charge in [-0.15, -0.1) is 0 Å². The summed E-state index contributed by atoms with van der Waals surface area (Å²) < 4.78 is 18.1. The molecule has 0 aromatic heterocycles. The van der Waals surface area contributed by atoms with Crippen LogP contribution in [0.1, 0.15) is 31.4 Å². The second-order valence-electron chi connectivity index (χ2n) is 4.33. The van der Waals surface area contributed by atoms with Gasteiger partial charge in [-0.1, -0.05) is 12.1 Å². The molecule has 16 heavy (non-hydrogen) atoms. The Balaban J connectivity index is 1.91. The van der Waals surface area contributed by atoms with Crippen molar-refractivity contribution in [2.45, 2.75) is 31.8 Å². The summed E-state index contributed by atoms with van der Waals surface area (Å²) in [5, 5.41) is 3.55. The first-order chi connectivity index (χ1) is 7.75. The van der Waals surface area contributed by atoms with E-state index in [2.05, 4.69) is 12.2 Å². The van der Waals surface area contributed by atoms with E-state index in [1.807, 2.05) is 12.1 Å². The third-order valence-electron chi connectivity index (χ3n) is 3.08. The number of hydrogen-bond donors (Lipinski definition) is 1. The molecule has 0 saturated carbocycles. The fourth-order valence-electron chi connectivity index (χ4n) is 2.07. The maximum Gasteiger partial charge on any atom is 0.123 e. The summed E-state index contributed by atoms with van der Waals surface area (Å²) in [6.07, 6.45) is 2.12. The minimum absolute atomic E-state index is 0.179. The van der Waals surface area contributed by atoms with E-state index in [1.165, 1.54) is 12.1 Å². The highest BCUT2D eigenvalue weighted by atomic mass is 19.1. The summed E-state index contributed by atoms with van der Waals surface area (Å²) >= 11 is 0. The van der Waals surface area contributed by atoms with E-state index in [9.17, 15) is 4.39 Å². The average Bonchev–Trinajstić information content (AvgIpc) is 2.31. The lowest BCUT2D eigenvalue weighted by molar-refractivity contribution is 0.0754. The zero-order chi connectivity index (χ0) is 11.4. The standard InChI is InChI=1S/C13H18FNO/c1-10(11-2-4-12(14)5-3-11)15-13-6-8-16-9-7-13/h2-5,10,13,15H,6-9H2,1H3. The Hall–Kier alpha value is -0.930. The lowest BCUT2D eigenvalue weighted by atomic mass is 10.0. The molecule has 1 unspecified atom stereocenters. The van der Waals surface area contributed by atoms with Gasteiger partial charge in [-0.25, -0.2) is 4.39 Å². The van der Waals surface area contributed by atoms with E-state index in [4.69, 9.17) is 4.74 Å². The van der Waals surface area contributed by atoms with Crippen molar-refractivity contribution in [1.29, 1.82) is 0 Å². The smallest absolute Gasteiger partial charge is 0.123 e. The van der Waals surface area contributed by atoms with Crippen molar-refractivity contribution in [3.8, 4) is 0 Å². The number of ether oxygens (including phenoxy) is 1. The zero-order valence-corrected chi connectivity index (χ0v) is 9.58. The molecule has 1 saturated heterocycles. The van der Waals surface area contributed by atoms with Crippen LogP contribution in [0, 0.1) is 5.82 Å². The van der Waals surface area contributed by atoms with Crippen molar-refractivity contribution in [2.24, 2.45) is 0 Å². The van der Waals surface area contributed by atoms with Gasteiger partial charge in [-0.3, -0.25) is 0 Å². The van der Waals surface area contributed by atoms with Crippen LogP contribution < -0.4 is 5.32 Å². The molecule has 1 fully saturated rings. The first-order valence-corrected chi connectivity index (χ1v) is 5.85. The van der Waals surface area contributed by atoms with E-state index >= 15 is 0 Å². The van der Waals surface area contributed by atoms with E-state index in [-0.39, 0.29) is 11.9 Å². The molecular weight excluding hydrogens is 205 g/mol. The van der Waals surface area contributed by atoms with Gasteiger partial charge in [-0.2, -0.15) is 0 Å². The SMILES string of the molecule is CC(NC1CCOCC1)c1ccc(F)cc1. The quantitative estimate of drug-likeness (QED) is 0.850. The molecule has 2 rings (SSSR count). The Bertz CT molecular complexity index is 319. The van der Waals surface area contributed by atoms with Crippen molar-refractivity contribution >= 4 is 0 Å². The van der Waals surface area contributed by atoms with Crippen molar-refractivity contribution in [1.82, 2.24) is 5.32 Å². The molecule has 1 atom stereocenters. The Labute approximate surface area is 95.8 Å². The summed E-state index contributed by atoms with van der Waals surface area (Å²) in [6, 6.07) is 7.49. The average molecular weight is 223 g/mol. The van der Waals surface area contributed by atoms with Gasteiger partial charge in [0.2, 0.25) is 0 Å². The number of halogens is 1. The van der Waals surface area contributed by atoms with Crippen LogP contribution >= 0.6 is 0 Å². The largest absolute Gasteiger partial charge is 0.381 e. The van der Waals surface area contributed by atoms with Crippen molar-refractivity contribution < 1.29 is 9.13 Å². The lowest BCUT2D eigenvalue weighted by Gasteiger charge is -2.27. The molecule has 3 heteroatoms. The summed E-state index contributed by atoms with van der Waals surface area (Å²) in [7, 11) is 0. The maximum absolute atomic E-state index is 12.8. The third-order valence-corrected chi connectivity index (χ3v) is 3.08. The topological polar surface area (TPSA) is 21.3 Å². The first-order valence-electron chi connectivity index (χ1n) is 5.85. The second-order valence-corrected chi connectivity index (χ2v) is 4.33. The molecule has 0 radical (unpaired) electrons. The summed E-state index contributed by atoms with van der Waals surface area (Å²) in [6.45, 7) is 3.80. The molecule has 0 spiro atoms. The highest BCUT2D eigenvalue weighted by Gasteiger charge is 2.16. The molecule has 2 nitrogen and oxygen atoms in total. The second kappa shape index (κ2) is 5.41. The van der Waals surface area contributed by atoms with E-state index < -0.39 is 0 Å². The molecule has 1 aliphatic heterocycles. The van der Waals surface area contributed by atoms with Crippen molar-refractivity contribution in [3.05, 3.63) is 35.6 Å². The van der Waals surface area contributed by atoms with Gasteiger partial charge in [0, 0.05) is 25.3 Å². The molecule has 0 bridgehead atoms. The van der Waals surface area contributed by atoms with Crippen LogP contribution in [0.4, 0.5) is 4.39 Å². The van der Waals surface area contributed by atoms with Gasteiger partial charge in [0.25, 0.3) is 0 Å². The first kappa shape index (κ1) is 11.6. The molecule has 1 N–H and O–H groups in total. The molecule has 88 valence electrons. The predicted molar refractivity (Wildman–Crippen MR) is 61.8 cm³/mol. The Morgan fingerprint density at radius 1 is 1.25 bits per heavy atom. The van der Waals surface area contributed by atoms with Gasteiger partial charge in [0.1, 0.15) is 5.82 Å². The van der Waals surface area contributed by atoms with Crippen LogP contribution in [0.25, 0.3) is 0 Å². The normalized spacial score (nSPS) is 19.6. The molecular formula is C13H18FNO. The van der Waals surface area contributed by atoms with Gasteiger partial charge < -0.3 is 10.1 Å². The van der Waals surface area contributed by atoms with Gasteiger partial charge in [0.15, 0.2) is 0 Å². The summed E-state index contributed by atoms with van der Waals surface area (Å²) in [4.78, 5) is 0. The fourth-order valence-corrected chi connectivity index (χ4v) is 2.07. The molecule has 0 amide bonds. The van der Waals surface area contributed by atoms with Crippen molar-refractivity contribution in [2.75, 3.05) is 13.2 Å². The summed E-state index contributed by atoms with van der Waals surface area (Å²) in [5.74, 6) is -0.179. The Morgan fingerprint density at radius 2 is 1.88 bits per heavy atom. The van der Waals surface area contributed by atoms with Crippen LogP contribution in [-0.2, 0) is 4.74 Å². The van der Waals surface area contributed by atoms with E-state index in [0.717, 1.165) is 31.6 Å². The number of nitrogens with one attached hydrogen (secondary N) is 1. The molecule has 0 aliphatic carbocycles. The molecule has 1 aromatic carbocycles. The molecule has 1 aromatic rings. The maximum atomic E-state index is 12.8. The van der Waals surface area contributed by atoms with Crippen LogP contribution in [0.15, 0.2) is 24.3 Å². The van der Waals surface area contributed by atoms with E-state index in [1.54, 1.807) is 0 Å². The number of benzene rings is 1. The number of hydrogen-bond acceptors (Lipinski definition) is 2. The van der Waals surface area contributed by atoms with Crippen LogP contribution in [0.3, 0.4) is 0 Å². The Morgan fingerprint density at radius 3 is 2.50 bits per heavy atom. The molecule has 1 aliphatic rings. The van der Waals surface area contributed by atoms with Crippen LogP contribution in [-0.4, -0.2) is 19.3 Å². The highest BCUT2D eigenvalue weighted by molar-refractivity contribution is 5.19. The fraction of sp³-hybridized carbons (Fsp3) is 0.538. The lowest BCUT2D eigenvalue weighted by Crippen LogP contribution is -2.36. The van der Waals surface area contributed by atoms with Gasteiger partial charge >= 0.3 is 0 Å². The minimum Gasteiger partial charge on any atom is -0.381 e. The highest BCUT2D eigenvalue weighted by Crippen LogP contribution is 2.16. The van der Waals surface area contributed by atoms with Gasteiger partial charge in [0.05, 0.1) is 0 Å².